The van der Waals surface area contributed by atoms with Gasteiger partial charge >= 0.3 is 0 Å². The van der Waals surface area contributed by atoms with Gasteiger partial charge in [-0.1, -0.05) is 0 Å². The lowest BCUT2D eigenvalue weighted by molar-refractivity contribution is 0.0769. The average Bonchev–Trinajstić information content (AvgIpc) is 2.95. The van der Waals surface area contributed by atoms with Crippen LogP contribution in [-0.2, 0) is 0 Å². The second-order valence-electron chi connectivity index (χ2n) is 5.31. The van der Waals surface area contributed by atoms with E-state index in [0.717, 1.165) is 6.04 Å². The molecule has 2 aliphatic heterocycles. The second kappa shape index (κ2) is 4.67. The molecule has 0 saturated carbocycles. The quantitative estimate of drug-likeness (QED) is 0.804. The van der Waals surface area contributed by atoms with E-state index in [1.807, 2.05) is 17.5 Å². The van der Waals surface area contributed by atoms with Crippen molar-refractivity contribution < 1.29 is 0 Å². The van der Waals surface area contributed by atoms with Crippen LogP contribution in [0.5, 0.6) is 0 Å². The lowest BCUT2D eigenvalue weighted by Crippen LogP contribution is -2.50. The van der Waals surface area contributed by atoms with Gasteiger partial charge in [-0.05, 0) is 33.2 Å². The molecule has 1 aromatic heterocycles. The molecule has 0 aromatic carbocycles. The summed E-state index contributed by atoms with van der Waals surface area (Å²) in [5, 5.41) is 1.29. The molecule has 2 saturated heterocycles. The molecule has 17 heavy (non-hydrogen) atoms. The summed E-state index contributed by atoms with van der Waals surface area (Å²) < 4.78 is 0. The van der Waals surface area contributed by atoms with Crippen LogP contribution < -0.4 is 0 Å². The first-order valence-electron chi connectivity index (χ1n) is 6.64. The molecule has 2 atom stereocenters. The fourth-order valence-electron chi connectivity index (χ4n) is 3.09. The molecule has 0 bridgehead atoms. The van der Waals surface area contributed by atoms with Crippen LogP contribution in [-0.4, -0.2) is 47.0 Å². The highest BCUT2D eigenvalue weighted by Crippen LogP contribution is 2.29. The lowest BCUT2D eigenvalue weighted by atomic mass is 10.1. The Labute approximate surface area is 107 Å². The zero-order chi connectivity index (χ0) is 11.8. The Morgan fingerprint density at radius 3 is 3.06 bits per heavy atom. The van der Waals surface area contributed by atoms with Gasteiger partial charge in [0.15, 0.2) is 0 Å². The van der Waals surface area contributed by atoms with Gasteiger partial charge in [-0.15, -0.1) is 11.3 Å². The number of hydrogen-bond acceptors (Lipinski definition) is 4. The van der Waals surface area contributed by atoms with Crippen LogP contribution in [0.4, 0.5) is 0 Å². The molecular formula is C13H21N3S. The molecule has 3 rings (SSSR count). The summed E-state index contributed by atoms with van der Waals surface area (Å²) in [6, 6.07) is 1.31. The number of nitrogens with zero attached hydrogens (tertiary/aromatic N) is 3. The number of rotatable bonds is 2. The van der Waals surface area contributed by atoms with E-state index in [0.29, 0.717) is 6.04 Å². The van der Waals surface area contributed by atoms with E-state index in [1.54, 1.807) is 0 Å². The zero-order valence-electron chi connectivity index (χ0n) is 10.7. The van der Waals surface area contributed by atoms with Crippen LogP contribution in [0.3, 0.4) is 0 Å². The van der Waals surface area contributed by atoms with Crippen molar-refractivity contribution in [2.24, 2.45) is 0 Å². The summed E-state index contributed by atoms with van der Waals surface area (Å²) in [4.78, 5) is 11.1. The van der Waals surface area contributed by atoms with Crippen LogP contribution >= 0.6 is 11.3 Å². The highest BCUT2D eigenvalue weighted by molar-refractivity contribution is 7.11. The number of aromatic nitrogens is 1. The highest BCUT2D eigenvalue weighted by Gasteiger charge is 2.33. The fourth-order valence-corrected chi connectivity index (χ4v) is 3.95. The van der Waals surface area contributed by atoms with Crippen molar-refractivity contribution >= 4 is 11.3 Å². The normalized spacial score (nSPS) is 28.2. The van der Waals surface area contributed by atoms with Crippen LogP contribution in [0.25, 0.3) is 0 Å². The molecule has 0 spiro atoms. The summed E-state index contributed by atoms with van der Waals surface area (Å²) in [6.45, 7) is 9.46. The summed E-state index contributed by atoms with van der Waals surface area (Å²) in [5.41, 5.74) is 0. The van der Waals surface area contributed by atoms with E-state index in [9.17, 15) is 0 Å². The Morgan fingerprint density at radius 1 is 1.41 bits per heavy atom. The van der Waals surface area contributed by atoms with Crippen molar-refractivity contribution in [1.82, 2.24) is 14.8 Å². The molecule has 3 heterocycles. The first-order valence-corrected chi connectivity index (χ1v) is 7.46. The second-order valence-corrected chi connectivity index (χ2v) is 6.58. The van der Waals surface area contributed by atoms with Gasteiger partial charge in [0, 0.05) is 36.8 Å². The third-order valence-electron chi connectivity index (χ3n) is 4.16. The van der Waals surface area contributed by atoms with E-state index in [4.69, 9.17) is 0 Å². The molecule has 0 aliphatic carbocycles. The Bertz CT molecular complexity index is 390. The predicted molar refractivity (Wildman–Crippen MR) is 71.4 cm³/mol. The van der Waals surface area contributed by atoms with E-state index in [-0.39, 0.29) is 0 Å². The van der Waals surface area contributed by atoms with Gasteiger partial charge in [0.2, 0.25) is 0 Å². The van der Waals surface area contributed by atoms with Gasteiger partial charge in [0.25, 0.3) is 0 Å². The number of fused-ring (bicyclic) bond motifs is 1. The van der Waals surface area contributed by atoms with Gasteiger partial charge in [0.05, 0.1) is 6.04 Å². The number of piperazine rings is 1. The fraction of sp³-hybridized carbons (Fsp3) is 0.769. The highest BCUT2D eigenvalue weighted by atomic mass is 32.1. The molecule has 1 aromatic rings. The smallest absolute Gasteiger partial charge is 0.110 e. The van der Waals surface area contributed by atoms with E-state index >= 15 is 0 Å². The summed E-state index contributed by atoms with van der Waals surface area (Å²) >= 11 is 1.85. The maximum absolute atomic E-state index is 4.54. The van der Waals surface area contributed by atoms with E-state index in [1.165, 1.54) is 48.9 Å². The maximum atomic E-state index is 4.54. The summed E-state index contributed by atoms with van der Waals surface area (Å²) in [6.07, 6.45) is 4.78. The van der Waals surface area contributed by atoms with E-state index < -0.39 is 0 Å². The molecule has 94 valence electrons. The summed E-state index contributed by atoms with van der Waals surface area (Å²) in [7, 11) is 0. The molecule has 0 N–H and O–H groups in total. The van der Waals surface area contributed by atoms with Crippen molar-refractivity contribution in [3.05, 3.63) is 16.1 Å². The molecule has 4 heteroatoms. The Kier molecular flexibility index (Phi) is 3.19. The Morgan fingerprint density at radius 2 is 2.29 bits per heavy atom. The minimum absolute atomic E-state index is 0.497. The van der Waals surface area contributed by atoms with Crippen LogP contribution in [0.1, 0.15) is 35.7 Å². The van der Waals surface area contributed by atoms with Gasteiger partial charge in [-0.25, -0.2) is 4.98 Å². The van der Waals surface area contributed by atoms with Gasteiger partial charge in [-0.3, -0.25) is 9.80 Å². The van der Waals surface area contributed by atoms with Crippen molar-refractivity contribution in [3.63, 3.8) is 0 Å². The number of hydrogen-bond donors (Lipinski definition) is 0. The molecule has 3 nitrogen and oxygen atoms in total. The standard InChI is InChI=1S/C13H21N3S/c1-10-8-14-13(17-10)11(2)16-7-6-15-5-3-4-12(15)9-16/h8,11-12H,3-7,9H2,1-2H3. The monoisotopic (exact) mass is 251 g/mol. The van der Waals surface area contributed by atoms with Crippen molar-refractivity contribution in [2.45, 2.75) is 38.8 Å². The van der Waals surface area contributed by atoms with Crippen LogP contribution in [0, 0.1) is 6.92 Å². The third-order valence-corrected chi connectivity index (χ3v) is 5.25. The number of thiazole rings is 1. The first-order chi connectivity index (χ1) is 8.24. The van der Waals surface area contributed by atoms with Gasteiger partial charge in [-0.2, -0.15) is 0 Å². The van der Waals surface area contributed by atoms with Gasteiger partial charge < -0.3 is 0 Å². The first kappa shape index (κ1) is 11.6. The lowest BCUT2D eigenvalue weighted by Gasteiger charge is -2.39. The molecule has 0 amide bonds. The van der Waals surface area contributed by atoms with Crippen LogP contribution in [0.15, 0.2) is 6.20 Å². The largest absolute Gasteiger partial charge is 0.298 e. The summed E-state index contributed by atoms with van der Waals surface area (Å²) in [5.74, 6) is 0. The molecule has 0 radical (unpaired) electrons. The Hall–Kier alpha value is -0.450. The zero-order valence-corrected chi connectivity index (χ0v) is 11.5. The molecule has 2 fully saturated rings. The Balaban J connectivity index is 1.68. The third kappa shape index (κ3) is 2.26. The topological polar surface area (TPSA) is 19.4 Å². The van der Waals surface area contributed by atoms with Gasteiger partial charge in [0.1, 0.15) is 5.01 Å². The molecule has 2 unspecified atom stereocenters. The van der Waals surface area contributed by atoms with Crippen molar-refractivity contribution in [1.29, 1.82) is 0 Å². The average molecular weight is 251 g/mol. The minimum atomic E-state index is 0.497. The predicted octanol–water partition coefficient (Wildman–Crippen LogP) is 2.29. The van der Waals surface area contributed by atoms with Crippen molar-refractivity contribution in [2.75, 3.05) is 26.2 Å². The maximum Gasteiger partial charge on any atom is 0.110 e. The van der Waals surface area contributed by atoms with Crippen molar-refractivity contribution in [3.8, 4) is 0 Å². The molecular weight excluding hydrogens is 230 g/mol. The minimum Gasteiger partial charge on any atom is -0.298 e. The number of aryl methyl sites for hydroxylation is 1. The molecule has 2 aliphatic rings. The van der Waals surface area contributed by atoms with E-state index in [2.05, 4.69) is 28.6 Å². The van der Waals surface area contributed by atoms with Crippen LogP contribution in [0.2, 0.25) is 0 Å². The SMILES string of the molecule is Cc1cnc(C(C)N2CCN3CCCC3C2)s1.